The molecule has 1 N–H and O–H groups in total. The standard InChI is InChI=1S/C13H27NO/c1-5-10-14-12(11-8-9-11)13(4,6-2)15-7-3/h11-12,14H,5-10H2,1-4H3. The van der Waals surface area contributed by atoms with Crippen LogP contribution in [0.5, 0.6) is 0 Å². The SMILES string of the molecule is CCCNC(C1CC1)C(C)(CC)OCC. The summed E-state index contributed by atoms with van der Waals surface area (Å²) in [5, 5.41) is 3.68. The third kappa shape index (κ3) is 3.46. The quantitative estimate of drug-likeness (QED) is 0.669. The molecule has 0 radical (unpaired) electrons. The van der Waals surface area contributed by atoms with Crippen molar-refractivity contribution in [1.82, 2.24) is 5.32 Å². The zero-order chi connectivity index (χ0) is 11.3. The zero-order valence-corrected chi connectivity index (χ0v) is 10.8. The number of nitrogens with one attached hydrogen (secondary N) is 1. The third-order valence-corrected chi connectivity index (χ3v) is 3.54. The van der Waals surface area contributed by atoms with Crippen LogP contribution >= 0.6 is 0 Å². The molecule has 0 aromatic carbocycles. The van der Waals surface area contributed by atoms with E-state index in [-0.39, 0.29) is 5.60 Å². The van der Waals surface area contributed by atoms with Gasteiger partial charge in [0.2, 0.25) is 0 Å². The Balaban J connectivity index is 2.57. The molecule has 1 aliphatic rings. The highest BCUT2D eigenvalue weighted by Gasteiger charge is 2.42. The minimum Gasteiger partial charge on any atom is -0.374 e. The molecule has 0 aliphatic heterocycles. The summed E-state index contributed by atoms with van der Waals surface area (Å²) >= 11 is 0. The molecule has 2 heteroatoms. The van der Waals surface area contributed by atoms with Crippen molar-refractivity contribution in [3.63, 3.8) is 0 Å². The van der Waals surface area contributed by atoms with E-state index in [0.717, 1.165) is 25.5 Å². The Morgan fingerprint density at radius 1 is 1.33 bits per heavy atom. The van der Waals surface area contributed by atoms with Gasteiger partial charge in [-0.2, -0.15) is 0 Å². The van der Waals surface area contributed by atoms with Crippen molar-refractivity contribution in [2.75, 3.05) is 13.2 Å². The second kappa shape index (κ2) is 5.86. The van der Waals surface area contributed by atoms with Gasteiger partial charge in [-0.1, -0.05) is 13.8 Å². The van der Waals surface area contributed by atoms with Gasteiger partial charge < -0.3 is 10.1 Å². The summed E-state index contributed by atoms with van der Waals surface area (Å²) in [7, 11) is 0. The van der Waals surface area contributed by atoms with E-state index in [1.165, 1.54) is 19.3 Å². The van der Waals surface area contributed by atoms with Crippen molar-refractivity contribution in [3.05, 3.63) is 0 Å². The van der Waals surface area contributed by atoms with Crippen molar-refractivity contribution >= 4 is 0 Å². The second-order valence-electron chi connectivity index (χ2n) is 4.87. The van der Waals surface area contributed by atoms with E-state index in [1.807, 2.05) is 0 Å². The van der Waals surface area contributed by atoms with Crippen LogP contribution in [0, 0.1) is 5.92 Å². The first-order valence-electron chi connectivity index (χ1n) is 6.55. The molecule has 0 amide bonds. The molecular weight excluding hydrogens is 186 g/mol. The molecule has 1 saturated carbocycles. The highest BCUT2D eigenvalue weighted by Crippen LogP contribution is 2.39. The molecule has 90 valence electrons. The first kappa shape index (κ1) is 13.0. The van der Waals surface area contributed by atoms with Crippen LogP contribution in [-0.4, -0.2) is 24.8 Å². The largest absolute Gasteiger partial charge is 0.374 e. The molecule has 2 unspecified atom stereocenters. The van der Waals surface area contributed by atoms with Crippen LogP contribution in [0.25, 0.3) is 0 Å². The van der Waals surface area contributed by atoms with E-state index in [4.69, 9.17) is 4.74 Å². The fraction of sp³-hybridized carbons (Fsp3) is 1.00. The smallest absolute Gasteiger partial charge is 0.0806 e. The summed E-state index contributed by atoms with van der Waals surface area (Å²) in [5.74, 6) is 0.855. The summed E-state index contributed by atoms with van der Waals surface area (Å²) in [5.41, 5.74) is 0.0328. The Morgan fingerprint density at radius 3 is 2.40 bits per heavy atom. The molecule has 0 spiro atoms. The van der Waals surface area contributed by atoms with Gasteiger partial charge in [0, 0.05) is 12.6 Å². The molecule has 2 nitrogen and oxygen atoms in total. The van der Waals surface area contributed by atoms with Crippen molar-refractivity contribution < 1.29 is 4.74 Å². The molecule has 0 heterocycles. The average molecular weight is 213 g/mol. The van der Waals surface area contributed by atoms with Gasteiger partial charge in [0.25, 0.3) is 0 Å². The van der Waals surface area contributed by atoms with Gasteiger partial charge in [-0.25, -0.2) is 0 Å². The van der Waals surface area contributed by atoms with Crippen molar-refractivity contribution in [2.45, 2.75) is 65.0 Å². The highest BCUT2D eigenvalue weighted by atomic mass is 16.5. The van der Waals surface area contributed by atoms with Crippen molar-refractivity contribution in [2.24, 2.45) is 5.92 Å². The minimum atomic E-state index is 0.0328. The molecule has 2 atom stereocenters. The number of hydrogen-bond donors (Lipinski definition) is 1. The maximum atomic E-state index is 5.98. The molecule has 1 fully saturated rings. The Bertz CT molecular complexity index is 179. The summed E-state index contributed by atoms with van der Waals surface area (Å²) in [6.07, 6.45) is 5.06. The number of ether oxygens (including phenoxy) is 1. The van der Waals surface area contributed by atoms with E-state index in [2.05, 4.69) is 33.0 Å². The average Bonchev–Trinajstić information content (AvgIpc) is 3.03. The minimum absolute atomic E-state index is 0.0328. The zero-order valence-electron chi connectivity index (χ0n) is 10.8. The van der Waals surface area contributed by atoms with Crippen LogP contribution in [-0.2, 0) is 4.74 Å². The maximum absolute atomic E-state index is 5.98. The van der Waals surface area contributed by atoms with E-state index in [1.54, 1.807) is 0 Å². The molecule has 0 aromatic rings. The van der Waals surface area contributed by atoms with Crippen LogP contribution < -0.4 is 5.32 Å². The number of rotatable bonds is 8. The van der Waals surface area contributed by atoms with Gasteiger partial charge in [0.05, 0.1) is 5.60 Å². The fourth-order valence-electron chi connectivity index (χ4n) is 2.35. The van der Waals surface area contributed by atoms with Crippen LogP contribution in [0.15, 0.2) is 0 Å². The third-order valence-electron chi connectivity index (χ3n) is 3.54. The van der Waals surface area contributed by atoms with Gasteiger partial charge >= 0.3 is 0 Å². The van der Waals surface area contributed by atoms with Gasteiger partial charge in [-0.15, -0.1) is 0 Å². The molecule has 0 saturated heterocycles. The van der Waals surface area contributed by atoms with Crippen molar-refractivity contribution in [3.8, 4) is 0 Å². The predicted molar refractivity (Wildman–Crippen MR) is 65.1 cm³/mol. The molecule has 0 aromatic heterocycles. The Morgan fingerprint density at radius 2 is 2.00 bits per heavy atom. The highest BCUT2D eigenvalue weighted by molar-refractivity contribution is 4.98. The maximum Gasteiger partial charge on any atom is 0.0806 e. The summed E-state index contributed by atoms with van der Waals surface area (Å²) < 4.78 is 5.98. The lowest BCUT2D eigenvalue weighted by Gasteiger charge is -2.37. The van der Waals surface area contributed by atoms with Gasteiger partial charge in [0.1, 0.15) is 0 Å². The summed E-state index contributed by atoms with van der Waals surface area (Å²) in [6.45, 7) is 10.8. The summed E-state index contributed by atoms with van der Waals surface area (Å²) in [4.78, 5) is 0. The van der Waals surface area contributed by atoms with E-state index in [0.29, 0.717) is 6.04 Å². The fourth-order valence-corrected chi connectivity index (χ4v) is 2.35. The first-order valence-corrected chi connectivity index (χ1v) is 6.55. The van der Waals surface area contributed by atoms with Gasteiger partial charge in [-0.05, 0) is 52.0 Å². The van der Waals surface area contributed by atoms with Gasteiger partial charge in [0.15, 0.2) is 0 Å². The topological polar surface area (TPSA) is 21.3 Å². The van der Waals surface area contributed by atoms with E-state index < -0.39 is 0 Å². The van der Waals surface area contributed by atoms with E-state index >= 15 is 0 Å². The molecule has 15 heavy (non-hydrogen) atoms. The van der Waals surface area contributed by atoms with Crippen molar-refractivity contribution in [1.29, 1.82) is 0 Å². The Labute approximate surface area is 94.8 Å². The lowest BCUT2D eigenvalue weighted by molar-refractivity contribution is -0.0603. The molecular formula is C13H27NO. The Kier molecular flexibility index (Phi) is 5.07. The normalized spacial score (nSPS) is 22.4. The van der Waals surface area contributed by atoms with Crippen LogP contribution in [0.4, 0.5) is 0 Å². The van der Waals surface area contributed by atoms with Crippen LogP contribution in [0.2, 0.25) is 0 Å². The molecule has 0 bridgehead atoms. The van der Waals surface area contributed by atoms with E-state index in [9.17, 15) is 0 Å². The summed E-state index contributed by atoms with van der Waals surface area (Å²) in [6, 6.07) is 0.558. The lowest BCUT2D eigenvalue weighted by atomic mass is 9.89. The number of hydrogen-bond acceptors (Lipinski definition) is 2. The van der Waals surface area contributed by atoms with Gasteiger partial charge in [-0.3, -0.25) is 0 Å². The molecule has 1 rings (SSSR count). The second-order valence-corrected chi connectivity index (χ2v) is 4.87. The van der Waals surface area contributed by atoms with Crippen LogP contribution in [0.3, 0.4) is 0 Å². The molecule has 1 aliphatic carbocycles. The lowest BCUT2D eigenvalue weighted by Crippen LogP contribution is -2.52. The monoisotopic (exact) mass is 213 g/mol. The Hall–Kier alpha value is -0.0800. The predicted octanol–water partition coefficient (Wildman–Crippen LogP) is 2.97. The first-order chi connectivity index (χ1) is 7.18. The van der Waals surface area contributed by atoms with Crippen LogP contribution in [0.1, 0.15) is 53.4 Å².